The molecule has 9 nitrogen and oxygen atoms in total. The third kappa shape index (κ3) is 4.78. The summed E-state index contributed by atoms with van der Waals surface area (Å²) < 4.78 is 10.7. The Bertz CT molecular complexity index is 1510. The van der Waals surface area contributed by atoms with E-state index in [1.807, 2.05) is 34.1 Å². The molecule has 2 saturated heterocycles. The zero-order valence-electron chi connectivity index (χ0n) is 24.7. The first-order valence-corrected chi connectivity index (χ1v) is 15.0. The lowest BCUT2D eigenvalue weighted by atomic mass is 9.67. The standard InChI is InChI=1S/C33H40N4O5/c1-33-25(32(40)36-14-7-4-8-15-36)18-22(19-29(38)34-20-21-11-12-27(41-2)28(17-21)42-3)31(39)37(33)16-13-24-23-9-5-6-10-26(23)35-30(24)33/h5-6,9-12,17,22,25,35H,4,7-8,13-16,18-20H2,1-3H3,(H,34,38)/t22?,25-,33+/m1/s1. The predicted octanol–water partition coefficient (Wildman–Crippen LogP) is 4.14. The normalized spacial score (nSPS) is 23.7. The molecule has 3 amide bonds. The summed E-state index contributed by atoms with van der Waals surface area (Å²) in [4.78, 5) is 49.0. The molecule has 6 rings (SSSR count). The van der Waals surface area contributed by atoms with E-state index >= 15 is 0 Å². The monoisotopic (exact) mass is 572 g/mol. The summed E-state index contributed by atoms with van der Waals surface area (Å²) in [6, 6.07) is 13.7. The molecule has 3 aromatic rings. The van der Waals surface area contributed by atoms with Gasteiger partial charge in [-0.15, -0.1) is 0 Å². The van der Waals surface area contributed by atoms with Crippen LogP contribution in [0.15, 0.2) is 42.5 Å². The minimum Gasteiger partial charge on any atom is -0.493 e. The van der Waals surface area contributed by atoms with Crippen LogP contribution >= 0.6 is 0 Å². The SMILES string of the molecule is COc1ccc(CNC(=O)CC2C[C@H](C(=O)N3CCCCC3)[C@@]3(C)c4[nH]c5ccccc5c4CCN3C2=O)cc1OC. The van der Waals surface area contributed by atoms with E-state index in [9.17, 15) is 14.4 Å². The minimum absolute atomic E-state index is 0.0437. The molecule has 0 radical (unpaired) electrons. The number of aromatic amines is 1. The summed E-state index contributed by atoms with van der Waals surface area (Å²) in [7, 11) is 3.15. The van der Waals surface area contributed by atoms with Crippen LogP contribution in [-0.2, 0) is 32.9 Å². The largest absolute Gasteiger partial charge is 0.493 e. The van der Waals surface area contributed by atoms with Gasteiger partial charge in [0.2, 0.25) is 17.7 Å². The third-order valence-electron chi connectivity index (χ3n) is 9.62. The summed E-state index contributed by atoms with van der Waals surface area (Å²) in [5.74, 6) is 0.0399. The van der Waals surface area contributed by atoms with Crippen LogP contribution in [0.3, 0.4) is 0 Å². The molecule has 1 unspecified atom stereocenters. The fraction of sp³-hybridized carbons (Fsp3) is 0.485. The summed E-state index contributed by atoms with van der Waals surface area (Å²) in [5, 5.41) is 4.12. The molecule has 9 heteroatoms. The molecule has 0 saturated carbocycles. The number of nitrogens with one attached hydrogen (secondary N) is 2. The van der Waals surface area contributed by atoms with Gasteiger partial charge in [0.25, 0.3) is 0 Å². The predicted molar refractivity (Wildman–Crippen MR) is 159 cm³/mol. The number of H-pyrrole nitrogens is 1. The van der Waals surface area contributed by atoms with Crippen molar-refractivity contribution < 1.29 is 23.9 Å². The lowest BCUT2D eigenvalue weighted by molar-refractivity contribution is -0.164. The Morgan fingerprint density at radius 3 is 2.55 bits per heavy atom. The molecule has 1 aromatic heterocycles. The van der Waals surface area contributed by atoms with Gasteiger partial charge >= 0.3 is 0 Å². The van der Waals surface area contributed by atoms with Gasteiger partial charge in [-0.05, 0) is 68.4 Å². The van der Waals surface area contributed by atoms with Crippen molar-refractivity contribution in [3.63, 3.8) is 0 Å². The summed E-state index contributed by atoms with van der Waals surface area (Å²) in [6.07, 6.45) is 4.23. The maximum absolute atomic E-state index is 14.3. The number of ether oxygens (including phenoxy) is 2. The van der Waals surface area contributed by atoms with Crippen molar-refractivity contribution in [3.8, 4) is 11.5 Å². The maximum atomic E-state index is 14.3. The van der Waals surface area contributed by atoms with Gasteiger partial charge in [-0.1, -0.05) is 24.3 Å². The topological polar surface area (TPSA) is 104 Å². The highest BCUT2D eigenvalue weighted by atomic mass is 16.5. The Labute approximate surface area is 246 Å². The molecule has 0 spiro atoms. The fourth-order valence-corrected chi connectivity index (χ4v) is 7.35. The number of benzene rings is 2. The van der Waals surface area contributed by atoms with Crippen LogP contribution in [-0.4, -0.2) is 66.4 Å². The number of rotatable bonds is 7. The van der Waals surface area contributed by atoms with E-state index in [2.05, 4.69) is 29.4 Å². The van der Waals surface area contributed by atoms with E-state index < -0.39 is 17.4 Å². The first kappa shape index (κ1) is 28.1. The van der Waals surface area contributed by atoms with Crippen LogP contribution in [0, 0.1) is 11.8 Å². The zero-order valence-corrected chi connectivity index (χ0v) is 24.7. The molecule has 3 aliphatic heterocycles. The van der Waals surface area contributed by atoms with E-state index in [1.165, 1.54) is 5.56 Å². The number of methoxy groups -OCH3 is 2. The molecule has 2 fully saturated rings. The number of para-hydroxylation sites is 1. The Kier molecular flexibility index (Phi) is 7.60. The van der Waals surface area contributed by atoms with Crippen LogP contribution in [0.1, 0.15) is 55.8 Å². The average molecular weight is 573 g/mol. The van der Waals surface area contributed by atoms with Crippen molar-refractivity contribution in [2.45, 2.75) is 57.5 Å². The molecule has 3 aliphatic rings. The van der Waals surface area contributed by atoms with Gasteiger partial charge in [-0.3, -0.25) is 14.4 Å². The van der Waals surface area contributed by atoms with Gasteiger partial charge in [0.15, 0.2) is 11.5 Å². The van der Waals surface area contributed by atoms with Crippen molar-refractivity contribution in [1.29, 1.82) is 0 Å². The van der Waals surface area contributed by atoms with E-state index in [4.69, 9.17) is 9.47 Å². The van der Waals surface area contributed by atoms with Crippen molar-refractivity contribution in [1.82, 2.24) is 20.1 Å². The second-order valence-corrected chi connectivity index (χ2v) is 12.0. The first-order valence-electron chi connectivity index (χ1n) is 15.0. The molecule has 42 heavy (non-hydrogen) atoms. The van der Waals surface area contributed by atoms with Crippen LogP contribution < -0.4 is 14.8 Å². The molecule has 4 heterocycles. The smallest absolute Gasteiger partial charge is 0.228 e. The second-order valence-electron chi connectivity index (χ2n) is 12.0. The lowest BCUT2D eigenvalue weighted by Gasteiger charge is -2.54. The molecule has 2 N–H and O–H groups in total. The van der Waals surface area contributed by atoms with E-state index in [1.54, 1.807) is 20.3 Å². The number of nitrogens with zero attached hydrogens (tertiary/aromatic N) is 2. The number of fused-ring (bicyclic) bond motifs is 5. The highest BCUT2D eigenvalue weighted by molar-refractivity contribution is 5.93. The Balaban J connectivity index is 1.26. The summed E-state index contributed by atoms with van der Waals surface area (Å²) in [6.45, 7) is 4.37. The Morgan fingerprint density at radius 2 is 1.79 bits per heavy atom. The van der Waals surface area contributed by atoms with Gasteiger partial charge < -0.3 is 29.6 Å². The Hall–Kier alpha value is -4.01. The third-order valence-corrected chi connectivity index (χ3v) is 9.62. The summed E-state index contributed by atoms with van der Waals surface area (Å²) in [5.41, 5.74) is 3.25. The molecule has 2 aromatic carbocycles. The molecule has 3 atom stereocenters. The molecule has 0 bridgehead atoms. The Morgan fingerprint density at radius 1 is 1.02 bits per heavy atom. The van der Waals surface area contributed by atoms with Crippen molar-refractivity contribution >= 4 is 28.6 Å². The number of carbonyl (C=O) groups is 3. The van der Waals surface area contributed by atoms with Crippen LogP contribution in [0.5, 0.6) is 11.5 Å². The van der Waals surface area contributed by atoms with Crippen LogP contribution in [0.2, 0.25) is 0 Å². The van der Waals surface area contributed by atoms with Crippen molar-refractivity contribution in [2.24, 2.45) is 11.8 Å². The number of hydrogen-bond donors (Lipinski definition) is 2. The van der Waals surface area contributed by atoms with Gasteiger partial charge in [-0.2, -0.15) is 0 Å². The molecule has 222 valence electrons. The number of likely N-dealkylation sites (tertiary alicyclic amines) is 1. The van der Waals surface area contributed by atoms with Gasteiger partial charge in [0.1, 0.15) is 0 Å². The quantitative estimate of drug-likeness (QED) is 0.443. The van der Waals surface area contributed by atoms with E-state index in [-0.39, 0.29) is 24.1 Å². The second kappa shape index (κ2) is 11.3. The maximum Gasteiger partial charge on any atom is 0.228 e. The number of carbonyl (C=O) groups excluding carboxylic acids is 3. The number of piperidine rings is 2. The van der Waals surface area contributed by atoms with E-state index in [0.29, 0.717) is 37.4 Å². The molecule has 0 aliphatic carbocycles. The highest BCUT2D eigenvalue weighted by Gasteiger charge is 2.57. The average Bonchev–Trinajstić information content (AvgIpc) is 3.41. The fourth-order valence-electron chi connectivity index (χ4n) is 7.35. The highest BCUT2D eigenvalue weighted by Crippen LogP contribution is 2.50. The van der Waals surface area contributed by atoms with Gasteiger partial charge in [0, 0.05) is 55.1 Å². The van der Waals surface area contributed by atoms with Crippen LogP contribution in [0.4, 0.5) is 0 Å². The van der Waals surface area contributed by atoms with Gasteiger partial charge in [-0.25, -0.2) is 0 Å². The van der Waals surface area contributed by atoms with E-state index in [0.717, 1.165) is 54.5 Å². The van der Waals surface area contributed by atoms with Crippen LogP contribution in [0.25, 0.3) is 10.9 Å². The molecular formula is C33H40N4O5. The minimum atomic E-state index is -0.801. The zero-order chi connectivity index (χ0) is 29.4. The number of amides is 3. The number of hydrogen-bond acceptors (Lipinski definition) is 5. The lowest BCUT2D eigenvalue weighted by Crippen LogP contribution is -2.64. The van der Waals surface area contributed by atoms with Gasteiger partial charge in [0.05, 0.1) is 25.7 Å². The van der Waals surface area contributed by atoms with Crippen molar-refractivity contribution in [2.75, 3.05) is 33.9 Å². The number of aromatic nitrogens is 1. The first-order chi connectivity index (χ1) is 20.3. The molecular weight excluding hydrogens is 532 g/mol. The van der Waals surface area contributed by atoms with Crippen molar-refractivity contribution in [3.05, 3.63) is 59.3 Å². The summed E-state index contributed by atoms with van der Waals surface area (Å²) >= 11 is 0.